The minimum atomic E-state index is -3.83. The van der Waals surface area contributed by atoms with Gasteiger partial charge in [0.15, 0.2) is 0 Å². The number of nitrogens with zero attached hydrogens (tertiary/aromatic N) is 2. The van der Waals surface area contributed by atoms with E-state index in [2.05, 4.69) is 21.2 Å². The first-order valence-electron chi connectivity index (χ1n) is 11.1. The van der Waals surface area contributed by atoms with Crippen molar-refractivity contribution in [2.75, 3.05) is 24.2 Å². The van der Waals surface area contributed by atoms with Crippen LogP contribution in [0.5, 0.6) is 0 Å². The number of sulfonamides is 1. The van der Waals surface area contributed by atoms with Crippen LogP contribution in [-0.4, -0.2) is 51.0 Å². The Labute approximate surface area is 219 Å². The lowest BCUT2D eigenvalue weighted by molar-refractivity contribution is -0.139. The van der Waals surface area contributed by atoms with Crippen LogP contribution in [0.25, 0.3) is 0 Å². The highest BCUT2D eigenvalue weighted by atomic mass is 79.9. The molecule has 0 aromatic heterocycles. The molecule has 0 aliphatic carbocycles. The second kappa shape index (κ2) is 12.1. The number of carbonyl (C=O) groups excluding carboxylic acids is 2. The van der Waals surface area contributed by atoms with Gasteiger partial charge in [-0.25, -0.2) is 12.8 Å². The van der Waals surface area contributed by atoms with Crippen LogP contribution >= 0.6 is 15.9 Å². The lowest BCUT2D eigenvalue weighted by atomic mass is 10.0. The van der Waals surface area contributed by atoms with Crippen LogP contribution in [0.15, 0.2) is 83.3 Å². The first-order chi connectivity index (χ1) is 17.1. The second-order valence-corrected chi connectivity index (χ2v) is 11.0. The van der Waals surface area contributed by atoms with Gasteiger partial charge in [0.05, 0.1) is 11.9 Å². The van der Waals surface area contributed by atoms with Gasteiger partial charge in [-0.05, 0) is 47.5 Å². The van der Waals surface area contributed by atoms with Crippen molar-refractivity contribution < 1.29 is 22.4 Å². The van der Waals surface area contributed by atoms with E-state index in [9.17, 15) is 22.4 Å². The maximum atomic E-state index is 13.7. The number of nitrogens with one attached hydrogen (secondary N) is 1. The van der Waals surface area contributed by atoms with Gasteiger partial charge in [-0.3, -0.25) is 13.9 Å². The summed E-state index contributed by atoms with van der Waals surface area (Å²) < 4.78 is 40.6. The summed E-state index contributed by atoms with van der Waals surface area (Å²) in [6.07, 6.45) is 1.23. The van der Waals surface area contributed by atoms with E-state index in [1.165, 1.54) is 36.2 Å². The largest absolute Gasteiger partial charge is 0.357 e. The van der Waals surface area contributed by atoms with Gasteiger partial charge in [0.2, 0.25) is 21.8 Å². The Morgan fingerprint density at radius 3 is 2.11 bits per heavy atom. The molecule has 36 heavy (non-hydrogen) atoms. The zero-order valence-corrected chi connectivity index (χ0v) is 22.3. The van der Waals surface area contributed by atoms with Gasteiger partial charge in [0.1, 0.15) is 18.4 Å². The Morgan fingerprint density at radius 1 is 0.944 bits per heavy atom. The molecule has 1 N–H and O–H groups in total. The van der Waals surface area contributed by atoms with E-state index in [0.717, 1.165) is 20.6 Å². The summed E-state index contributed by atoms with van der Waals surface area (Å²) >= 11 is 3.32. The molecule has 190 valence electrons. The average Bonchev–Trinajstić information content (AvgIpc) is 2.86. The van der Waals surface area contributed by atoms with Crippen LogP contribution in [0.4, 0.5) is 10.1 Å². The van der Waals surface area contributed by atoms with Crippen molar-refractivity contribution in [2.45, 2.75) is 19.0 Å². The van der Waals surface area contributed by atoms with E-state index in [1.54, 1.807) is 24.3 Å². The molecule has 2 amide bonds. The van der Waals surface area contributed by atoms with Crippen LogP contribution in [0.1, 0.15) is 11.1 Å². The average molecular weight is 576 g/mol. The summed E-state index contributed by atoms with van der Waals surface area (Å²) in [5, 5.41) is 2.61. The standard InChI is InChI=1S/C26H27BrFN3O4S/c1-29-26(33)24(16-19-6-4-3-5-7-19)30(17-20-8-12-22(28)13-9-20)25(32)18-31(36(2,34)35)23-14-10-21(27)11-15-23/h3-15,24H,16-18H2,1-2H3,(H,29,33)/t24-/m1/s1. The minimum Gasteiger partial charge on any atom is -0.357 e. The normalized spacial score (nSPS) is 12.0. The number of hydrogen-bond donors (Lipinski definition) is 1. The molecule has 3 aromatic rings. The fourth-order valence-electron chi connectivity index (χ4n) is 3.73. The first-order valence-corrected chi connectivity index (χ1v) is 13.8. The molecule has 0 fully saturated rings. The molecule has 0 saturated carbocycles. The van der Waals surface area contributed by atoms with E-state index in [4.69, 9.17) is 0 Å². The molecule has 3 aromatic carbocycles. The minimum absolute atomic E-state index is 0.0119. The monoisotopic (exact) mass is 575 g/mol. The summed E-state index contributed by atoms with van der Waals surface area (Å²) in [6, 6.07) is 20.4. The van der Waals surface area contributed by atoms with Crippen molar-refractivity contribution in [3.63, 3.8) is 0 Å². The van der Waals surface area contributed by atoms with E-state index < -0.39 is 40.2 Å². The molecule has 10 heteroatoms. The van der Waals surface area contributed by atoms with E-state index >= 15 is 0 Å². The Balaban J connectivity index is 2.00. The fourth-order valence-corrected chi connectivity index (χ4v) is 4.84. The Bertz CT molecular complexity index is 1290. The van der Waals surface area contributed by atoms with Crippen LogP contribution in [0.2, 0.25) is 0 Å². The molecule has 0 unspecified atom stereocenters. The van der Waals surface area contributed by atoms with Gasteiger partial charge in [-0.1, -0.05) is 58.4 Å². The summed E-state index contributed by atoms with van der Waals surface area (Å²) in [4.78, 5) is 28.1. The second-order valence-electron chi connectivity index (χ2n) is 8.21. The van der Waals surface area contributed by atoms with Crippen molar-refractivity contribution in [3.05, 3.63) is 100 Å². The van der Waals surface area contributed by atoms with E-state index in [0.29, 0.717) is 11.3 Å². The number of likely N-dealkylation sites (N-methyl/N-ethyl adjacent to an activating group) is 1. The molecule has 0 radical (unpaired) electrons. The Kier molecular flexibility index (Phi) is 9.22. The zero-order valence-electron chi connectivity index (χ0n) is 19.9. The fraction of sp³-hybridized carbons (Fsp3) is 0.231. The number of carbonyl (C=O) groups is 2. The van der Waals surface area contributed by atoms with Gasteiger partial charge >= 0.3 is 0 Å². The molecular weight excluding hydrogens is 549 g/mol. The van der Waals surface area contributed by atoms with Gasteiger partial charge in [-0.15, -0.1) is 0 Å². The molecule has 0 bridgehead atoms. The van der Waals surface area contributed by atoms with Crippen molar-refractivity contribution >= 4 is 43.5 Å². The number of benzene rings is 3. The molecule has 1 atom stereocenters. The Hall–Kier alpha value is -3.24. The maximum Gasteiger partial charge on any atom is 0.244 e. The van der Waals surface area contributed by atoms with Gasteiger partial charge in [0, 0.05) is 24.5 Å². The molecule has 0 saturated heterocycles. The molecule has 0 aliphatic rings. The maximum absolute atomic E-state index is 13.7. The number of halogens is 2. The van der Waals surface area contributed by atoms with Gasteiger partial charge in [0.25, 0.3) is 0 Å². The van der Waals surface area contributed by atoms with Gasteiger partial charge < -0.3 is 10.2 Å². The van der Waals surface area contributed by atoms with Gasteiger partial charge in [-0.2, -0.15) is 0 Å². The number of anilines is 1. The van der Waals surface area contributed by atoms with Crippen molar-refractivity contribution in [3.8, 4) is 0 Å². The lowest BCUT2D eigenvalue weighted by Gasteiger charge is -2.33. The highest BCUT2D eigenvalue weighted by Gasteiger charge is 2.32. The van der Waals surface area contributed by atoms with Crippen molar-refractivity contribution in [1.82, 2.24) is 10.2 Å². The van der Waals surface area contributed by atoms with E-state index in [1.807, 2.05) is 30.3 Å². The summed E-state index contributed by atoms with van der Waals surface area (Å²) in [7, 11) is -2.35. The van der Waals surface area contributed by atoms with Crippen LogP contribution in [0, 0.1) is 5.82 Å². The van der Waals surface area contributed by atoms with Crippen LogP contribution < -0.4 is 9.62 Å². The summed E-state index contributed by atoms with van der Waals surface area (Å²) in [6.45, 7) is -0.522. The highest BCUT2D eigenvalue weighted by Crippen LogP contribution is 2.22. The summed E-state index contributed by atoms with van der Waals surface area (Å²) in [5.41, 5.74) is 1.74. The molecule has 7 nitrogen and oxygen atoms in total. The zero-order chi connectivity index (χ0) is 26.3. The molecule has 0 spiro atoms. The quantitative estimate of drug-likeness (QED) is 0.399. The Morgan fingerprint density at radius 2 is 1.56 bits per heavy atom. The SMILES string of the molecule is CNC(=O)[C@@H](Cc1ccccc1)N(Cc1ccc(F)cc1)C(=O)CN(c1ccc(Br)cc1)S(C)(=O)=O. The lowest BCUT2D eigenvalue weighted by Crippen LogP contribution is -2.52. The number of rotatable bonds is 10. The third-order valence-electron chi connectivity index (χ3n) is 5.58. The highest BCUT2D eigenvalue weighted by molar-refractivity contribution is 9.10. The van der Waals surface area contributed by atoms with Crippen LogP contribution in [-0.2, 0) is 32.6 Å². The predicted octanol–water partition coefficient (Wildman–Crippen LogP) is 3.74. The molecule has 0 aliphatic heterocycles. The molecular formula is C26H27BrFN3O4S. The van der Waals surface area contributed by atoms with Crippen molar-refractivity contribution in [2.24, 2.45) is 0 Å². The van der Waals surface area contributed by atoms with Crippen LogP contribution in [0.3, 0.4) is 0 Å². The third-order valence-corrected chi connectivity index (χ3v) is 7.25. The van der Waals surface area contributed by atoms with Crippen molar-refractivity contribution in [1.29, 1.82) is 0 Å². The molecule has 0 heterocycles. The number of hydrogen-bond acceptors (Lipinski definition) is 4. The third kappa shape index (κ3) is 7.38. The molecule has 3 rings (SSSR count). The summed E-state index contributed by atoms with van der Waals surface area (Å²) in [5.74, 6) is -1.40. The first kappa shape index (κ1) is 27.3. The smallest absolute Gasteiger partial charge is 0.244 e. The number of amides is 2. The predicted molar refractivity (Wildman–Crippen MR) is 141 cm³/mol. The van der Waals surface area contributed by atoms with E-state index in [-0.39, 0.29) is 13.0 Å². The topological polar surface area (TPSA) is 86.8 Å².